The van der Waals surface area contributed by atoms with Gasteiger partial charge in [0.2, 0.25) is 0 Å². The fraction of sp³-hybridized carbons (Fsp3) is 0.462. The highest BCUT2D eigenvalue weighted by Gasteiger charge is 2.29. The van der Waals surface area contributed by atoms with Crippen molar-refractivity contribution in [1.82, 2.24) is 10.6 Å². The van der Waals surface area contributed by atoms with Crippen LogP contribution in [-0.4, -0.2) is 24.5 Å². The molecular formula is C13H16ClFN2O. The molecule has 1 saturated heterocycles. The van der Waals surface area contributed by atoms with Crippen LogP contribution in [0.1, 0.15) is 30.1 Å². The second-order valence-corrected chi connectivity index (χ2v) is 5.24. The second kappa shape index (κ2) is 5.24. The van der Waals surface area contributed by atoms with Crippen molar-refractivity contribution in [3.8, 4) is 0 Å². The second-order valence-electron chi connectivity index (χ2n) is 4.87. The molecule has 0 unspecified atom stereocenters. The summed E-state index contributed by atoms with van der Waals surface area (Å²) in [5.74, 6) is -0.885. The van der Waals surface area contributed by atoms with Crippen LogP contribution < -0.4 is 10.6 Å². The molecule has 2 rings (SSSR count). The normalized spacial score (nSPS) is 18.4. The molecule has 0 radical (unpaired) electrons. The Hall–Kier alpha value is -1.13. The number of carbonyl (C=O) groups excluding carboxylic acids is 1. The van der Waals surface area contributed by atoms with Crippen molar-refractivity contribution < 1.29 is 9.18 Å². The average molecular weight is 271 g/mol. The third-order valence-electron chi connectivity index (χ3n) is 3.32. The maximum atomic E-state index is 13.3. The van der Waals surface area contributed by atoms with Crippen molar-refractivity contribution in [3.63, 3.8) is 0 Å². The highest BCUT2D eigenvalue weighted by Crippen LogP contribution is 2.22. The number of nitrogens with one attached hydrogen (secondary N) is 2. The standard InChI is InChI=1S/C13H16ClFN2O/c1-13(5-7-16-8-6-13)17-12(18)9-3-2-4-10(15)11(9)14/h2-4,16H,5-8H2,1H3,(H,17,18). The molecule has 0 aliphatic carbocycles. The van der Waals surface area contributed by atoms with Gasteiger partial charge in [0, 0.05) is 5.54 Å². The van der Waals surface area contributed by atoms with E-state index in [2.05, 4.69) is 10.6 Å². The quantitative estimate of drug-likeness (QED) is 0.866. The van der Waals surface area contributed by atoms with Crippen molar-refractivity contribution in [1.29, 1.82) is 0 Å². The summed E-state index contributed by atoms with van der Waals surface area (Å²) in [6, 6.07) is 4.26. The minimum atomic E-state index is -0.570. The van der Waals surface area contributed by atoms with E-state index < -0.39 is 5.82 Å². The number of amides is 1. The molecular weight excluding hydrogens is 255 g/mol. The van der Waals surface area contributed by atoms with Gasteiger partial charge in [-0.2, -0.15) is 0 Å². The highest BCUT2D eigenvalue weighted by atomic mass is 35.5. The van der Waals surface area contributed by atoms with Crippen LogP contribution in [0, 0.1) is 5.82 Å². The monoisotopic (exact) mass is 270 g/mol. The Morgan fingerprint density at radius 3 is 2.78 bits per heavy atom. The molecule has 0 atom stereocenters. The zero-order valence-corrected chi connectivity index (χ0v) is 11.0. The molecule has 1 aliphatic heterocycles. The molecule has 3 nitrogen and oxygen atoms in total. The highest BCUT2D eigenvalue weighted by molar-refractivity contribution is 6.34. The van der Waals surface area contributed by atoms with Crippen LogP contribution in [0.3, 0.4) is 0 Å². The molecule has 0 spiro atoms. The summed E-state index contributed by atoms with van der Waals surface area (Å²) in [7, 11) is 0. The fourth-order valence-corrected chi connectivity index (χ4v) is 2.34. The molecule has 1 amide bonds. The van der Waals surface area contributed by atoms with Gasteiger partial charge in [0.05, 0.1) is 10.6 Å². The van der Waals surface area contributed by atoms with Gasteiger partial charge in [0.1, 0.15) is 5.82 Å². The summed E-state index contributed by atoms with van der Waals surface area (Å²) in [5.41, 5.74) is -0.0609. The zero-order chi connectivity index (χ0) is 13.2. The lowest BCUT2D eigenvalue weighted by Gasteiger charge is -2.35. The number of hydrogen-bond acceptors (Lipinski definition) is 2. The molecule has 1 aromatic rings. The van der Waals surface area contributed by atoms with Crippen molar-refractivity contribution in [2.75, 3.05) is 13.1 Å². The number of carbonyl (C=O) groups is 1. The predicted octanol–water partition coefficient (Wildman–Crippen LogP) is 2.35. The lowest BCUT2D eigenvalue weighted by Crippen LogP contribution is -2.52. The van der Waals surface area contributed by atoms with E-state index in [1.807, 2.05) is 6.92 Å². The number of halogens is 2. The van der Waals surface area contributed by atoms with Crippen LogP contribution >= 0.6 is 11.6 Å². The Bertz CT molecular complexity index is 458. The average Bonchev–Trinajstić information content (AvgIpc) is 2.33. The predicted molar refractivity (Wildman–Crippen MR) is 69.4 cm³/mol. The molecule has 0 aromatic heterocycles. The third-order valence-corrected chi connectivity index (χ3v) is 3.70. The van der Waals surface area contributed by atoms with Gasteiger partial charge in [0.15, 0.2) is 0 Å². The minimum Gasteiger partial charge on any atom is -0.347 e. The molecule has 2 N–H and O–H groups in total. The lowest BCUT2D eigenvalue weighted by molar-refractivity contribution is 0.0887. The van der Waals surface area contributed by atoms with Crippen LogP contribution in [0.4, 0.5) is 4.39 Å². The first-order valence-corrected chi connectivity index (χ1v) is 6.37. The van der Waals surface area contributed by atoms with E-state index >= 15 is 0 Å². The van der Waals surface area contributed by atoms with Gasteiger partial charge >= 0.3 is 0 Å². The Morgan fingerprint density at radius 2 is 2.11 bits per heavy atom. The summed E-state index contributed by atoms with van der Waals surface area (Å²) in [6.45, 7) is 3.74. The Balaban J connectivity index is 2.14. The Labute approximate surface area is 111 Å². The van der Waals surface area contributed by atoms with E-state index in [9.17, 15) is 9.18 Å². The Morgan fingerprint density at radius 1 is 1.44 bits per heavy atom. The molecule has 1 heterocycles. The third kappa shape index (κ3) is 2.82. The van der Waals surface area contributed by atoms with Crippen LogP contribution in [0.25, 0.3) is 0 Å². The number of piperidine rings is 1. The SMILES string of the molecule is CC1(NC(=O)c2cccc(F)c2Cl)CCNCC1. The zero-order valence-electron chi connectivity index (χ0n) is 10.2. The number of rotatable bonds is 2. The van der Waals surface area contributed by atoms with Crippen molar-refractivity contribution in [2.45, 2.75) is 25.3 Å². The Kier molecular flexibility index (Phi) is 3.88. The summed E-state index contributed by atoms with van der Waals surface area (Å²) < 4.78 is 13.3. The summed E-state index contributed by atoms with van der Waals surface area (Å²) in [6.07, 6.45) is 1.71. The van der Waals surface area contributed by atoms with Crippen LogP contribution in [0.5, 0.6) is 0 Å². The molecule has 0 saturated carbocycles. The van der Waals surface area contributed by atoms with Crippen LogP contribution in [0.15, 0.2) is 18.2 Å². The van der Waals surface area contributed by atoms with Gasteiger partial charge in [-0.3, -0.25) is 4.79 Å². The maximum absolute atomic E-state index is 13.3. The summed E-state index contributed by atoms with van der Waals surface area (Å²) in [4.78, 5) is 12.1. The smallest absolute Gasteiger partial charge is 0.253 e. The van der Waals surface area contributed by atoms with E-state index in [1.165, 1.54) is 18.2 Å². The molecule has 98 valence electrons. The van der Waals surface area contributed by atoms with Crippen molar-refractivity contribution in [3.05, 3.63) is 34.6 Å². The van der Waals surface area contributed by atoms with Gasteiger partial charge in [-0.1, -0.05) is 17.7 Å². The van der Waals surface area contributed by atoms with Gasteiger partial charge in [-0.25, -0.2) is 4.39 Å². The van der Waals surface area contributed by atoms with Gasteiger partial charge in [-0.15, -0.1) is 0 Å². The molecule has 0 bridgehead atoms. The molecule has 18 heavy (non-hydrogen) atoms. The van der Waals surface area contributed by atoms with E-state index in [4.69, 9.17) is 11.6 Å². The lowest BCUT2D eigenvalue weighted by atomic mass is 9.90. The molecule has 1 aromatic carbocycles. The molecule has 1 aliphatic rings. The van der Waals surface area contributed by atoms with E-state index in [0.29, 0.717) is 0 Å². The van der Waals surface area contributed by atoms with E-state index in [-0.39, 0.29) is 22.0 Å². The first-order valence-electron chi connectivity index (χ1n) is 5.99. The van der Waals surface area contributed by atoms with Crippen molar-refractivity contribution in [2.24, 2.45) is 0 Å². The largest absolute Gasteiger partial charge is 0.347 e. The van der Waals surface area contributed by atoms with Gasteiger partial charge in [0.25, 0.3) is 5.91 Å². The van der Waals surface area contributed by atoms with Gasteiger partial charge < -0.3 is 10.6 Å². The fourth-order valence-electron chi connectivity index (χ4n) is 2.12. The summed E-state index contributed by atoms with van der Waals surface area (Å²) in [5, 5.41) is 6.07. The first-order chi connectivity index (χ1) is 8.52. The summed E-state index contributed by atoms with van der Waals surface area (Å²) >= 11 is 5.80. The van der Waals surface area contributed by atoms with Crippen molar-refractivity contribution >= 4 is 17.5 Å². The van der Waals surface area contributed by atoms with Crippen LogP contribution in [-0.2, 0) is 0 Å². The maximum Gasteiger partial charge on any atom is 0.253 e. The minimum absolute atomic E-state index is 0.118. The molecule has 1 fully saturated rings. The number of benzene rings is 1. The van der Waals surface area contributed by atoms with Gasteiger partial charge in [-0.05, 0) is 45.0 Å². The van der Waals surface area contributed by atoms with Crippen LogP contribution in [0.2, 0.25) is 5.02 Å². The first kappa shape index (κ1) is 13.3. The van der Waals surface area contributed by atoms with E-state index in [1.54, 1.807) is 0 Å². The number of hydrogen-bond donors (Lipinski definition) is 2. The van der Waals surface area contributed by atoms with E-state index in [0.717, 1.165) is 25.9 Å². The topological polar surface area (TPSA) is 41.1 Å². The molecule has 5 heteroatoms.